The predicted molar refractivity (Wildman–Crippen MR) is 76.7 cm³/mol. The zero-order chi connectivity index (χ0) is 15.4. The van der Waals surface area contributed by atoms with Crippen LogP contribution in [0.4, 0.5) is 8.78 Å². The molecule has 1 amide bonds. The van der Waals surface area contributed by atoms with Gasteiger partial charge in [0.05, 0.1) is 10.6 Å². The van der Waals surface area contributed by atoms with Crippen molar-refractivity contribution in [2.45, 2.75) is 6.42 Å². The fraction of sp³-hybridized carbons (Fsp3) is 0.143. The van der Waals surface area contributed by atoms with Crippen LogP contribution in [0.15, 0.2) is 30.5 Å². The molecule has 7 heteroatoms. The number of carbonyl (C=O) groups excluding carboxylic acids is 1. The lowest BCUT2D eigenvalue weighted by Crippen LogP contribution is -2.25. The second kappa shape index (κ2) is 6.83. The van der Waals surface area contributed by atoms with Gasteiger partial charge in [0.25, 0.3) is 5.91 Å². The summed E-state index contributed by atoms with van der Waals surface area (Å²) in [5.74, 6) is -1.69. The molecule has 1 aromatic heterocycles. The normalized spacial score (nSPS) is 10.5. The highest BCUT2D eigenvalue weighted by molar-refractivity contribution is 6.41. The summed E-state index contributed by atoms with van der Waals surface area (Å²) in [6.07, 6.45) is 1.60. The van der Waals surface area contributed by atoms with Gasteiger partial charge in [0.15, 0.2) is 0 Å². The SMILES string of the molecule is O=C(NCCc1cc(F)cc(F)c1)c1cnc(Cl)c(Cl)c1. The van der Waals surface area contributed by atoms with Crippen molar-refractivity contribution in [3.63, 3.8) is 0 Å². The first kappa shape index (κ1) is 15.7. The number of halogens is 4. The van der Waals surface area contributed by atoms with E-state index >= 15 is 0 Å². The van der Waals surface area contributed by atoms with E-state index in [0.29, 0.717) is 12.0 Å². The van der Waals surface area contributed by atoms with Crippen molar-refractivity contribution in [3.05, 3.63) is 63.4 Å². The molecule has 2 rings (SSSR count). The molecule has 1 aromatic carbocycles. The minimum Gasteiger partial charge on any atom is -0.352 e. The molecule has 0 fully saturated rings. The highest BCUT2D eigenvalue weighted by Crippen LogP contribution is 2.19. The van der Waals surface area contributed by atoms with Crippen molar-refractivity contribution in [2.75, 3.05) is 6.54 Å². The van der Waals surface area contributed by atoms with Gasteiger partial charge in [0.2, 0.25) is 0 Å². The molecular formula is C14H10Cl2F2N2O. The third-order valence-corrected chi connectivity index (χ3v) is 3.37. The van der Waals surface area contributed by atoms with E-state index in [4.69, 9.17) is 23.2 Å². The minimum atomic E-state index is -0.648. The molecule has 0 saturated heterocycles. The number of carbonyl (C=O) groups is 1. The van der Waals surface area contributed by atoms with Gasteiger partial charge < -0.3 is 5.32 Å². The molecule has 0 unspecified atom stereocenters. The van der Waals surface area contributed by atoms with Crippen molar-refractivity contribution in [2.24, 2.45) is 0 Å². The van der Waals surface area contributed by atoms with E-state index in [-0.39, 0.29) is 22.3 Å². The number of nitrogens with zero attached hydrogens (tertiary/aromatic N) is 1. The first-order valence-electron chi connectivity index (χ1n) is 6.00. The van der Waals surface area contributed by atoms with Crippen LogP contribution in [0.25, 0.3) is 0 Å². The fourth-order valence-corrected chi connectivity index (χ4v) is 1.99. The van der Waals surface area contributed by atoms with E-state index in [0.717, 1.165) is 6.07 Å². The fourth-order valence-electron chi connectivity index (χ4n) is 1.72. The molecule has 0 aliphatic carbocycles. The van der Waals surface area contributed by atoms with Crippen LogP contribution in [0.2, 0.25) is 10.2 Å². The predicted octanol–water partition coefficient (Wildman–Crippen LogP) is 3.64. The van der Waals surface area contributed by atoms with Crippen molar-refractivity contribution in [3.8, 4) is 0 Å². The number of hydrogen-bond acceptors (Lipinski definition) is 2. The average Bonchev–Trinajstić information content (AvgIpc) is 2.40. The monoisotopic (exact) mass is 330 g/mol. The van der Waals surface area contributed by atoms with E-state index < -0.39 is 17.5 Å². The third kappa shape index (κ3) is 4.37. The number of pyridine rings is 1. The minimum absolute atomic E-state index is 0.114. The molecule has 0 radical (unpaired) electrons. The summed E-state index contributed by atoms with van der Waals surface area (Å²) < 4.78 is 26.0. The standard InChI is InChI=1S/C14H10Cl2F2N2O/c15-12-5-9(7-20-13(12)16)14(21)19-2-1-8-3-10(17)6-11(18)4-8/h3-7H,1-2H2,(H,19,21). The Balaban J connectivity index is 1.93. The second-order valence-corrected chi connectivity index (χ2v) is 5.05. The third-order valence-electron chi connectivity index (χ3n) is 2.68. The van der Waals surface area contributed by atoms with Gasteiger partial charge in [-0.15, -0.1) is 0 Å². The topological polar surface area (TPSA) is 42.0 Å². The largest absolute Gasteiger partial charge is 0.352 e. The molecule has 0 aliphatic heterocycles. The molecular weight excluding hydrogens is 321 g/mol. The van der Waals surface area contributed by atoms with Crippen LogP contribution in [0.3, 0.4) is 0 Å². The van der Waals surface area contributed by atoms with E-state index in [2.05, 4.69) is 10.3 Å². The number of hydrogen-bond donors (Lipinski definition) is 1. The Hall–Kier alpha value is -1.72. The second-order valence-electron chi connectivity index (χ2n) is 4.28. The smallest absolute Gasteiger partial charge is 0.252 e. The number of rotatable bonds is 4. The van der Waals surface area contributed by atoms with Gasteiger partial charge in [0.1, 0.15) is 16.8 Å². The molecule has 2 aromatic rings. The molecule has 0 bridgehead atoms. The molecule has 0 spiro atoms. The zero-order valence-corrected chi connectivity index (χ0v) is 12.2. The van der Waals surface area contributed by atoms with Gasteiger partial charge in [-0.2, -0.15) is 0 Å². The van der Waals surface area contributed by atoms with Gasteiger partial charge >= 0.3 is 0 Å². The van der Waals surface area contributed by atoms with Crippen LogP contribution >= 0.6 is 23.2 Å². The summed E-state index contributed by atoms with van der Waals surface area (Å²) in [4.78, 5) is 15.6. The summed E-state index contributed by atoms with van der Waals surface area (Å²) in [6.45, 7) is 0.224. The van der Waals surface area contributed by atoms with Gasteiger partial charge in [-0.3, -0.25) is 4.79 Å². The number of aromatic nitrogens is 1. The van der Waals surface area contributed by atoms with E-state index in [1.165, 1.54) is 24.4 Å². The summed E-state index contributed by atoms with van der Waals surface area (Å²) in [7, 11) is 0. The van der Waals surface area contributed by atoms with Crippen LogP contribution in [-0.4, -0.2) is 17.4 Å². The van der Waals surface area contributed by atoms with Crippen molar-refractivity contribution >= 4 is 29.1 Å². The molecule has 0 atom stereocenters. The van der Waals surface area contributed by atoms with E-state index in [1.54, 1.807) is 0 Å². The maximum atomic E-state index is 13.0. The lowest BCUT2D eigenvalue weighted by molar-refractivity contribution is 0.0954. The Bertz CT molecular complexity index is 660. The first-order valence-corrected chi connectivity index (χ1v) is 6.75. The maximum absolute atomic E-state index is 13.0. The van der Waals surface area contributed by atoms with E-state index in [9.17, 15) is 13.6 Å². The Morgan fingerprint density at radius 1 is 1.14 bits per heavy atom. The Morgan fingerprint density at radius 2 is 1.81 bits per heavy atom. The van der Waals surface area contributed by atoms with Crippen LogP contribution in [0, 0.1) is 11.6 Å². The number of amides is 1. The van der Waals surface area contributed by atoms with Crippen LogP contribution in [0.1, 0.15) is 15.9 Å². The van der Waals surface area contributed by atoms with Crippen molar-refractivity contribution in [1.82, 2.24) is 10.3 Å². The van der Waals surface area contributed by atoms with Crippen LogP contribution in [0.5, 0.6) is 0 Å². The van der Waals surface area contributed by atoms with Gasteiger partial charge in [-0.25, -0.2) is 13.8 Å². The molecule has 3 nitrogen and oxygen atoms in total. The van der Waals surface area contributed by atoms with Gasteiger partial charge in [-0.05, 0) is 30.2 Å². The lowest BCUT2D eigenvalue weighted by atomic mass is 10.1. The first-order chi connectivity index (χ1) is 9.95. The summed E-state index contributed by atoms with van der Waals surface area (Å²) in [5, 5.41) is 2.90. The molecule has 1 N–H and O–H groups in total. The molecule has 110 valence electrons. The quantitative estimate of drug-likeness (QED) is 0.869. The van der Waals surface area contributed by atoms with E-state index in [1.807, 2.05) is 0 Å². The Kier molecular flexibility index (Phi) is 5.09. The average molecular weight is 331 g/mol. The zero-order valence-electron chi connectivity index (χ0n) is 10.7. The molecule has 1 heterocycles. The highest BCUT2D eigenvalue weighted by Gasteiger charge is 2.09. The molecule has 21 heavy (non-hydrogen) atoms. The summed E-state index contributed by atoms with van der Waals surface area (Å²) in [5.41, 5.74) is 0.717. The van der Waals surface area contributed by atoms with Gasteiger partial charge in [0, 0.05) is 18.8 Å². The number of benzene rings is 1. The number of nitrogens with one attached hydrogen (secondary N) is 1. The van der Waals surface area contributed by atoms with Crippen molar-refractivity contribution < 1.29 is 13.6 Å². The van der Waals surface area contributed by atoms with Crippen molar-refractivity contribution in [1.29, 1.82) is 0 Å². The lowest BCUT2D eigenvalue weighted by Gasteiger charge is -2.06. The van der Waals surface area contributed by atoms with Gasteiger partial charge in [-0.1, -0.05) is 23.2 Å². The molecule has 0 aliphatic rings. The maximum Gasteiger partial charge on any atom is 0.252 e. The Morgan fingerprint density at radius 3 is 2.43 bits per heavy atom. The van der Waals surface area contributed by atoms with Crippen LogP contribution in [-0.2, 0) is 6.42 Å². The highest BCUT2D eigenvalue weighted by atomic mass is 35.5. The Labute approximate surface area is 129 Å². The summed E-state index contributed by atoms with van der Waals surface area (Å²) in [6, 6.07) is 4.63. The van der Waals surface area contributed by atoms with Crippen LogP contribution < -0.4 is 5.32 Å². The molecule has 0 saturated carbocycles. The summed E-state index contributed by atoms with van der Waals surface area (Å²) >= 11 is 11.4.